The third-order valence-corrected chi connectivity index (χ3v) is 4.94. The molecule has 2 N–H and O–H groups in total. The fourth-order valence-corrected chi connectivity index (χ4v) is 3.51. The molecule has 0 fully saturated rings. The van der Waals surface area contributed by atoms with Crippen molar-refractivity contribution in [1.82, 2.24) is 9.36 Å². The van der Waals surface area contributed by atoms with Gasteiger partial charge in [-0.25, -0.2) is 4.79 Å². The number of anilines is 1. The van der Waals surface area contributed by atoms with Crippen LogP contribution in [0.4, 0.5) is 5.00 Å². The maximum absolute atomic E-state index is 12.6. The molecule has 0 aromatic carbocycles. The lowest BCUT2D eigenvalue weighted by molar-refractivity contribution is 0.0317. The molecule has 0 saturated carbocycles. The van der Waals surface area contributed by atoms with E-state index >= 15 is 0 Å². The molecule has 0 aliphatic carbocycles. The Labute approximate surface area is 149 Å². The molecule has 0 aliphatic heterocycles. The van der Waals surface area contributed by atoms with Gasteiger partial charge in [-0.2, -0.15) is 4.37 Å². The lowest BCUT2D eigenvalue weighted by Crippen LogP contribution is -2.25. The molecule has 0 radical (unpaired) electrons. The number of H-pyrrole nitrogens is 1. The summed E-state index contributed by atoms with van der Waals surface area (Å²) in [6, 6.07) is 0. The number of esters is 1. The number of carbonyl (C=O) groups excluding carboxylic acids is 3. The molecule has 0 unspecified atom stereocenters. The number of aryl methyl sites for hydroxylation is 2. The van der Waals surface area contributed by atoms with E-state index in [0.29, 0.717) is 33.1 Å². The smallest absolute Gasteiger partial charge is 0.343 e. The van der Waals surface area contributed by atoms with Crippen molar-refractivity contribution in [2.45, 2.75) is 40.7 Å². The molecule has 7 nitrogen and oxygen atoms in total. The highest BCUT2D eigenvalue weighted by molar-refractivity contribution is 7.10. The summed E-state index contributed by atoms with van der Waals surface area (Å²) in [5.41, 5.74) is 2.86. The van der Waals surface area contributed by atoms with Gasteiger partial charge in [-0.3, -0.25) is 9.59 Å². The monoisotopic (exact) mass is 363 g/mol. The molecule has 1 atom stereocenters. The van der Waals surface area contributed by atoms with E-state index in [1.807, 2.05) is 0 Å². The standard InChI is InChI=1S/C17H21N3O4S/c1-7-12(10(4)21)8(2)19-14(7)15(22)11(5)24-17(23)13-9(3)20-25-16(13)18-6/h11,18-19H,1-6H3/t11-/m1/s1. The van der Waals surface area contributed by atoms with Gasteiger partial charge in [0, 0.05) is 18.3 Å². The van der Waals surface area contributed by atoms with Gasteiger partial charge < -0.3 is 15.0 Å². The van der Waals surface area contributed by atoms with Gasteiger partial charge in [0.15, 0.2) is 11.9 Å². The Kier molecular flexibility index (Phi) is 5.42. The molecule has 2 aromatic rings. The topological polar surface area (TPSA) is 101 Å². The van der Waals surface area contributed by atoms with Gasteiger partial charge in [0.1, 0.15) is 10.6 Å². The van der Waals surface area contributed by atoms with Crippen molar-refractivity contribution in [1.29, 1.82) is 0 Å². The number of hydrogen-bond donors (Lipinski definition) is 2. The van der Waals surface area contributed by atoms with Crippen LogP contribution in [-0.2, 0) is 4.74 Å². The van der Waals surface area contributed by atoms with Gasteiger partial charge in [-0.05, 0) is 51.7 Å². The molecule has 25 heavy (non-hydrogen) atoms. The zero-order valence-corrected chi connectivity index (χ0v) is 15.9. The number of ketones is 2. The fourth-order valence-electron chi connectivity index (χ4n) is 2.78. The Hall–Kier alpha value is -2.48. The Morgan fingerprint density at radius 3 is 2.36 bits per heavy atom. The van der Waals surface area contributed by atoms with E-state index in [2.05, 4.69) is 14.7 Å². The van der Waals surface area contributed by atoms with Crippen molar-refractivity contribution < 1.29 is 19.1 Å². The van der Waals surface area contributed by atoms with E-state index in [-0.39, 0.29) is 17.3 Å². The number of nitrogens with zero attached hydrogens (tertiary/aromatic N) is 1. The molecule has 8 heteroatoms. The first-order valence-electron chi connectivity index (χ1n) is 7.78. The zero-order chi connectivity index (χ0) is 18.9. The third-order valence-electron chi connectivity index (χ3n) is 3.98. The summed E-state index contributed by atoms with van der Waals surface area (Å²) < 4.78 is 9.45. The summed E-state index contributed by atoms with van der Waals surface area (Å²) in [7, 11) is 1.69. The summed E-state index contributed by atoms with van der Waals surface area (Å²) in [6.45, 7) is 8.10. The van der Waals surface area contributed by atoms with Crippen LogP contribution >= 0.6 is 11.5 Å². The highest BCUT2D eigenvalue weighted by atomic mass is 32.1. The van der Waals surface area contributed by atoms with Crippen molar-refractivity contribution in [2.24, 2.45) is 0 Å². The van der Waals surface area contributed by atoms with Gasteiger partial charge in [0.25, 0.3) is 0 Å². The van der Waals surface area contributed by atoms with Crippen LogP contribution < -0.4 is 5.32 Å². The van der Waals surface area contributed by atoms with Gasteiger partial charge in [0.2, 0.25) is 5.78 Å². The van der Waals surface area contributed by atoms with E-state index in [4.69, 9.17) is 4.74 Å². The maximum Gasteiger partial charge on any atom is 0.343 e. The number of Topliss-reactive ketones (excluding diaryl/α,β-unsaturated/α-hetero) is 2. The Morgan fingerprint density at radius 2 is 1.84 bits per heavy atom. The minimum absolute atomic E-state index is 0.117. The minimum Gasteiger partial charge on any atom is -0.450 e. The fraction of sp³-hybridized carbons (Fsp3) is 0.412. The minimum atomic E-state index is -0.993. The van der Waals surface area contributed by atoms with Crippen LogP contribution in [0.25, 0.3) is 0 Å². The maximum atomic E-state index is 12.6. The SMILES string of the molecule is CNc1snc(C)c1C(=O)O[C@H](C)C(=O)c1[nH]c(C)c(C(C)=O)c1C. The molecular formula is C17H21N3O4S. The molecule has 2 heterocycles. The average molecular weight is 363 g/mol. The number of carbonyl (C=O) groups is 3. The molecule has 0 bridgehead atoms. The van der Waals surface area contributed by atoms with E-state index in [0.717, 1.165) is 11.5 Å². The molecule has 2 rings (SSSR count). The number of nitrogens with one attached hydrogen (secondary N) is 2. The van der Waals surface area contributed by atoms with Crippen LogP contribution in [0.2, 0.25) is 0 Å². The summed E-state index contributed by atoms with van der Waals surface area (Å²) in [6.07, 6.45) is -0.993. The highest BCUT2D eigenvalue weighted by Crippen LogP contribution is 2.26. The number of aromatic amines is 1. The Balaban J connectivity index is 2.24. The van der Waals surface area contributed by atoms with Crippen molar-refractivity contribution >= 4 is 34.1 Å². The van der Waals surface area contributed by atoms with Crippen LogP contribution in [0.1, 0.15) is 62.0 Å². The lowest BCUT2D eigenvalue weighted by atomic mass is 10.0. The van der Waals surface area contributed by atoms with E-state index in [9.17, 15) is 14.4 Å². The van der Waals surface area contributed by atoms with Crippen molar-refractivity contribution in [3.8, 4) is 0 Å². The van der Waals surface area contributed by atoms with E-state index < -0.39 is 12.1 Å². The van der Waals surface area contributed by atoms with Gasteiger partial charge >= 0.3 is 5.97 Å². The average Bonchev–Trinajstić information content (AvgIpc) is 3.05. The van der Waals surface area contributed by atoms with Crippen molar-refractivity contribution in [2.75, 3.05) is 12.4 Å². The Bertz CT molecular complexity index is 850. The molecule has 0 spiro atoms. The first kappa shape index (κ1) is 18.9. The van der Waals surface area contributed by atoms with Crippen molar-refractivity contribution in [3.05, 3.63) is 33.8 Å². The number of hydrogen-bond acceptors (Lipinski definition) is 7. The molecule has 0 aliphatic rings. The molecule has 0 amide bonds. The first-order valence-corrected chi connectivity index (χ1v) is 8.55. The predicted molar refractivity (Wildman–Crippen MR) is 95.9 cm³/mol. The van der Waals surface area contributed by atoms with Crippen LogP contribution in [0, 0.1) is 20.8 Å². The largest absolute Gasteiger partial charge is 0.450 e. The normalized spacial score (nSPS) is 11.9. The summed E-state index contributed by atoms with van der Waals surface area (Å²) in [4.78, 5) is 39.7. The number of aromatic nitrogens is 2. The lowest BCUT2D eigenvalue weighted by Gasteiger charge is -2.12. The number of rotatable bonds is 6. The molecule has 134 valence electrons. The second-order valence-electron chi connectivity index (χ2n) is 5.82. The molecule has 2 aromatic heterocycles. The molecule has 0 saturated heterocycles. The first-order chi connectivity index (χ1) is 11.7. The highest BCUT2D eigenvalue weighted by Gasteiger charge is 2.28. The van der Waals surface area contributed by atoms with Gasteiger partial charge in [-0.1, -0.05) is 0 Å². The van der Waals surface area contributed by atoms with Crippen LogP contribution in [-0.4, -0.2) is 40.0 Å². The van der Waals surface area contributed by atoms with Crippen molar-refractivity contribution in [3.63, 3.8) is 0 Å². The van der Waals surface area contributed by atoms with Crippen LogP contribution in [0.5, 0.6) is 0 Å². The van der Waals surface area contributed by atoms with E-state index in [1.165, 1.54) is 13.8 Å². The Morgan fingerprint density at radius 1 is 1.20 bits per heavy atom. The predicted octanol–water partition coefficient (Wildman–Crippen LogP) is 3.07. The van der Waals surface area contributed by atoms with Gasteiger partial charge in [0.05, 0.1) is 11.4 Å². The second kappa shape index (κ2) is 7.18. The van der Waals surface area contributed by atoms with Crippen LogP contribution in [0.3, 0.4) is 0 Å². The second-order valence-corrected chi connectivity index (χ2v) is 6.59. The summed E-state index contributed by atoms with van der Waals surface area (Å²) >= 11 is 1.16. The third kappa shape index (κ3) is 3.48. The quantitative estimate of drug-likeness (QED) is 0.604. The van der Waals surface area contributed by atoms with Gasteiger partial charge in [-0.15, -0.1) is 0 Å². The summed E-state index contributed by atoms with van der Waals surface area (Å²) in [5, 5.41) is 3.48. The molecular weight excluding hydrogens is 342 g/mol. The summed E-state index contributed by atoms with van der Waals surface area (Å²) in [5.74, 6) is -1.11. The van der Waals surface area contributed by atoms with Crippen LogP contribution in [0.15, 0.2) is 0 Å². The zero-order valence-electron chi connectivity index (χ0n) is 15.1. The van der Waals surface area contributed by atoms with E-state index in [1.54, 1.807) is 27.8 Å². The number of ether oxygens (including phenoxy) is 1.